The molecular formula is C21H21BrClFN4O4S. The van der Waals surface area contributed by atoms with Crippen LogP contribution in [0.3, 0.4) is 0 Å². The number of alkyl carbamates (subject to hydrolysis) is 1. The van der Waals surface area contributed by atoms with Crippen LogP contribution in [0.5, 0.6) is 0 Å². The molecule has 0 aliphatic carbocycles. The van der Waals surface area contributed by atoms with Gasteiger partial charge in [-0.2, -0.15) is 0 Å². The van der Waals surface area contributed by atoms with Crippen molar-refractivity contribution in [3.8, 4) is 22.6 Å². The van der Waals surface area contributed by atoms with E-state index in [9.17, 15) is 17.6 Å². The van der Waals surface area contributed by atoms with Gasteiger partial charge < -0.3 is 15.0 Å². The first kappa shape index (κ1) is 25.2. The molecule has 0 bridgehead atoms. The highest BCUT2D eigenvalue weighted by molar-refractivity contribution is 9.10. The largest absolute Gasteiger partial charge is 0.450 e. The van der Waals surface area contributed by atoms with Crippen LogP contribution in [0, 0.1) is 5.82 Å². The van der Waals surface area contributed by atoms with E-state index < -0.39 is 21.9 Å². The number of ether oxygens (including phenoxy) is 1. The molecule has 1 heterocycles. The van der Waals surface area contributed by atoms with Gasteiger partial charge in [-0.15, -0.1) is 0 Å². The number of aromatic amines is 1. The van der Waals surface area contributed by atoms with E-state index in [0.717, 1.165) is 0 Å². The van der Waals surface area contributed by atoms with Crippen LogP contribution in [-0.4, -0.2) is 44.2 Å². The minimum absolute atomic E-state index is 0.0534. The van der Waals surface area contributed by atoms with Crippen LogP contribution in [0.2, 0.25) is 5.02 Å². The van der Waals surface area contributed by atoms with Crippen LogP contribution in [0.4, 0.5) is 9.18 Å². The van der Waals surface area contributed by atoms with E-state index in [1.54, 1.807) is 31.3 Å². The standard InChI is InChI=1S/C21H21BrClFN4O4S/c1-2-32-21(29)25-8-3-9-27-33(30,31)19-11-14(5-7-16(19)23)20-26-12-18(28-20)13-4-6-15(22)17(24)10-13/h4-7,10-12,27H,2-3,8-9H2,1H3,(H,25,29)(H,26,28). The molecule has 33 heavy (non-hydrogen) atoms. The van der Waals surface area contributed by atoms with E-state index in [2.05, 4.69) is 35.9 Å². The third-order valence-electron chi connectivity index (χ3n) is 4.48. The molecule has 0 saturated carbocycles. The number of halogens is 3. The van der Waals surface area contributed by atoms with Crippen molar-refractivity contribution in [2.45, 2.75) is 18.2 Å². The molecule has 0 unspecified atom stereocenters. The minimum atomic E-state index is -3.91. The average Bonchev–Trinajstić information content (AvgIpc) is 3.26. The summed E-state index contributed by atoms with van der Waals surface area (Å²) in [5.41, 5.74) is 1.56. The summed E-state index contributed by atoms with van der Waals surface area (Å²) in [5, 5.41) is 2.57. The van der Waals surface area contributed by atoms with Crippen molar-refractivity contribution in [2.24, 2.45) is 0 Å². The van der Waals surface area contributed by atoms with Gasteiger partial charge in [0, 0.05) is 30.4 Å². The van der Waals surface area contributed by atoms with Gasteiger partial charge in [-0.05, 0) is 59.6 Å². The number of amides is 1. The smallest absolute Gasteiger partial charge is 0.407 e. The highest BCUT2D eigenvalue weighted by Gasteiger charge is 2.19. The maximum atomic E-state index is 13.8. The van der Waals surface area contributed by atoms with Gasteiger partial charge in [-0.25, -0.2) is 27.3 Å². The molecular weight excluding hydrogens is 539 g/mol. The monoisotopic (exact) mass is 558 g/mol. The first-order valence-corrected chi connectivity index (χ1v) is 12.6. The number of imidazole rings is 1. The number of carbonyl (C=O) groups is 1. The third kappa shape index (κ3) is 6.53. The zero-order chi connectivity index (χ0) is 24.0. The summed E-state index contributed by atoms with van der Waals surface area (Å²) in [6, 6.07) is 9.16. The first-order chi connectivity index (χ1) is 15.7. The highest BCUT2D eigenvalue weighted by atomic mass is 79.9. The number of nitrogens with one attached hydrogen (secondary N) is 3. The summed E-state index contributed by atoms with van der Waals surface area (Å²) < 4.78 is 46.9. The van der Waals surface area contributed by atoms with E-state index >= 15 is 0 Å². The Balaban J connectivity index is 1.72. The summed E-state index contributed by atoms with van der Waals surface area (Å²) in [6.07, 6.45) is 1.41. The SMILES string of the molecule is CCOC(=O)NCCCNS(=O)(=O)c1cc(-c2nc(-c3ccc(Br)c(F)c3)c[nH]2)ccc1Cl. The van der Waals surface area contributed by atoms with Gasteiger partial charge in [-0.1, -0.05) is 17.7 Å². The van der Waals surface area contributed by atoms with Gasteiger partial charge in [-0.3, -0.25) is 0 Å². The lowest BCUT2D eigenvalue weighted by atomic mass is 10.2. The number of hydrogen-bond acceptors (Lipinski definition) is 5. The molecule has 3 N–H and O–H groups in total. The Morgan fingerprint density at radius 3 is 2.70 bits per heavy atom. The lowest BCUT2D eigenvalue weighted by Gasteiger charge is -2.10. The van der Waals surface area contributed by atoms with Gasteiger partial charge in [0.25, 0.3) is 0 Å². The van der Waals surface area contributed by atoms with Crippen LogP contribution in [0.25, 0.3) is 22.6 Å². The maximum absolute atomic E-state index is 13.8. The average molecular weight is 560 g/mol. The van der Waals surface area contributed by atoms with Crippen LogP contribution in [0.1, 0.15) is 13.3 Å². The van der Waals surface area contributed by atoms with Crippen molar-refractivity contribution >= 4 is 43.6 Å². The van der Waals surface area contributed by atoms with E-state index in [1.807, 2.05) is 0 Å². The van der Waals surface area contributed by atoms with Crippen molar-refractivity contribution in [3.63, 3.8) is 0 Å². The first-order valence-electron chi connectivity index (χ1n) is 9.92. The maximum Gasteiger partial charge on any atom is 0.407 e. The number of rotatable bonds is 9. The zero-order valence-corrected chi connectivity index (χ0v) is 20.7. The van der Waals surface area contributed by atoms with E-state index in [1.165, 1.54) is 18.2 Å². The topological polar surface area (TPSA) is 113 Å². The molecule has 0 saturated heterocycles. The lowest BCUT2D eigenvalue weighted by Crippen LogP contribution is -2.30. The quantitative estimate of drug-likeness (QED) is 0.329. The minimum Gasteiger partial charge on any atom is -0.450 e. The fourth-order valence-corrected chi connectivity index (χ4v) is 4.72. The number of carbonyl (C=O) groups excluding carboxylic acids is 1. The third-order valence-corrected chi connectivity index (χ3v) is 7.06. The Labute approximate surface area is 204 Å². The van der Waals surface area contributed by atoms with Crippen LogP contribution in [0.15, 0.2) is 52.0 Å². The van der Waals surface area contributed by atoms with Crippen LogP contribution >= 0.6 is 27.5 Å². The lowest BCUT2D eigenvalue weighted by molar-refractivity contribution is 0.152. The number of hydrogen-bond donors (Lipinski definition) is 3. The molecule has 0 radical (unpaired) electrons. The number of H-pyrrole nitrogens is 1. The summed E-state index contributed by atoms with van der Waals surface area (Å²) in [7, 11) is -3.91. The fraction of sp³-hybridized carbons (Fsp3) is 0.238. The van der Waals surface area contributed by atoms with Gasteiger partial charge in [0.1, 0.15) is 16.5 Å². The molecule has 1 aromatic heterocycles. The predicted molar refractivity (Wildman–Crippen MR) is 127 cm³/mol. The van der Waals surface area contributed by atoms with Gasteiger partial charge >= 0.3 is 6.09 Å². The second-order valence-corrected chi connectivity index (χ2v) is 9.80. The number of aromatic nitrogens is 2. The van der Waals surface area contributed by atoms with E-state index in [-0.39, 0.29) is 29.6 Å². The molecule has 1 amide bonds. The summed E-state index contributed by atoms with van der Waals surface area (Å²) >= 11 is 9.26. The van der Waals surface area contributed by atoms with Crippen molar-refractivity contribution in [1.29, 1.82) is 0 Å². The highest BCUT2D eigenvalue weighted by Crippen LogP contribution is 2.29. The second-order valence-electron chi connectivity index (χ2n) is 6.81. The normalized spacial score (nSPS) is 11.4. The second kappa shape index (κ2) is 11.1. The molecule has 12 heteroatoms. The molecule has 3 rings (SSSR count). The Hall–Kier alpha value is -2.47. The molecule has 176 valence electrons. The van der Waals surface area contributed by atoms with Crippen LogP contribution < -0.4 is 10.0 Å². The Kier molecular flexibility index (Phi) is 8.46. The van der Waals surface area contributed by atoms with Gasteiger partial charge in [0.05, 0.1) is 21.8 Å². The van der Waals surface area contributed by atoms with E-state index in [0.29, 0.717) is 33.5 Å². The Bertz CT molecular complexity index is 1250. The fourth-order valence-electron chi connectivity index (χ4n) is 2.87. The van der Waals surface area contributed by atoms with Crippen molar-refractivity contribution in [3.05, 3.63) is 57.9 Å². The molecule has 0 atom stereocenters. The predicted octanol–water partition coefficient (Wildman–Crippen LogP) is 4.71. The van der Waals surface area contributed by atoms with Crippen LogP contribution in [-0.2, 0) is 14.8 Å². The van der Waals surface area contributed by atoms with Gasteiger partial charge in [0.2, 0.25) is 10.0 Å². The van der Waals surface area contributed by atoms with E-state index in [4.69, 9.17) is 16.3 Å². The molecule has 8 nitrogen and oxygen atoms in total. The molecule has 0 aliphatic heterocycles. The molecule has 2 aromatic carbocycles. The number of benzene rings is 2. The van der Waals surface area contributed by atoms with Crippen molar-refractivity contribution in [2.75, 3.05) is 19.7 Å². The summed E-state index contributed by atoms with van der Waals surface area (Å²) in [6.45, 7) is 2.29. The Morgan fingerprint density at radius 1 is 1.21 bits per heavy atom. The number of sulfonamides is 1. The zero-order valence-electron chi connectivity index (χ0n) is 17.5. The summed E-state index contributed by atoms with van der Waals surface area (Å²) in [5.74, 6) is -0.0134. The van der Waals surface area contributed by atoms with Crippen molar-refractivity contribution in [1.82, 2.24) is 20.0 Å². The van der Waals surface area contributed by atoms with Gasteiger partial charge in [0.15, 0.2) is 0 Å². The molecule has 0 fully saturated rings. The molecule has 0 aliphatic rings. The molecule has 3 aromatic rings. The summed E-state index contributed by atoms with van der Waals surface area (Å²) in [4.78, 5) is 18.6. The molecule has 0 spiro atoms. The number of nitrogens with zero attached hydrogens (tertiary/aromatic N) is 1. The van der Waals surface area contributed by atoms with Crippen molar-refractivity contribution < 1.29 is 22.3 Å². The Morgan fingerprint density at radius 2 is 1.97 bits per heavy atom.